The number of nitrogens with one attached hydrogen (secondary N) is 1. The van der Waals surface area contributed by atoms with Gasteiger partial charge in [-0.25, -0.2) is 0 Å². The molecule has 1 fully saturated rings. The largest absolute Gasteiger partial charge is 0.383 e. The Labute approximate surface area is 116 Å². The van der Waals surface area contributed by atoms with Gasteiger partial charge in [-0.15, -0.1) is 6.58 Å². The zero-order valence-electron chi connectivity index (χ0n) is 12.2. The molecule has 1 heterocycles. The Kier molecular flexibility index (Phi) is 7.70. The fourth-order valence-electron chi connectivity index (χ4n) is 2.44. The van der Waals surface area contributed by atoms with Crippen LogP contribution < -0.4 is 5.32 Å². The van der Waals surface area contributed by atoms with Crippen molar-refractivity contribution >= 4 is 5.91 Å². The molecule has 1 N–H and O–H groups in total. The molecule has 0 spiro atoms. The summed E-state index contributed by atoms with van der Waals surface area (Å²) in [6, 6.07) is 0.524. The van der Waals surface area contributed by atoms with Crippen molar-refractivity contribution in [2.24, 2.45) is 0 Å². The van der Waals surface area contributed by atoms with E-state index in [0.717, 1.165) is 39.2 Å². The van der Waals surface area contributed by atoms with E-state index < -0.39 is 0 Å². The van der Waals surface area contributed by atoms with Gasteiger partial charge in [0.25, 0.3) is 0 Å². The molecule has 5 nitrogen and oxygen atoms in total. The molecule has 1 rings (SSSR count). The van der Waals surface area contributed by atoms with Gasteiger partial charge in [-0.2, -0.15) is 0 Å². The fraction of sp³-hybridized carbons (Fsp3) is 0.786. The van der Waals surface area contributed by atoms with Gasteiger partial charge in [-0.05, 0) is 6.42 Å². The molecule has 0 saturated carbocycles. The highest BCUT2D eigenvalue weighted by atomic mass is 16.5. The van der Waals surface area contributed by atoms with Crippen LogP contribution in [0.4, 0.5) is 0 Å². The van der Waals surface area contributed by atoms with E-state index in [4.69, 9.17) is 4.74 Å². The maximum absolute atomic E-state index is 11.7. The van der Waals surface area contributed by atoms with Crippen molar-refractivity contribution in [1.29, 1.82) is 0 Å². The van der Waals surface area contributed by atoms with Gasteiger partial charge in [0, 0.05) is 45.9 Å². The Bertz CT molecular complexity index is 284. The van der Waals surface area contributed by atoms with Crippen molar-refractivity contribution in [2.45, 2.75) is 19.4 Å². The Morgan fingerprint density at radius 2 is 2.32 bits per heavy atom. The van der Waals surface area contributed by atoms with E-state index in [0.29, 0.717) is 19.1 Å². The predicted molar refractivity (Wildman–Crippen MR) is 77.2 cm³/mol. The quantitative estimate of drug-likeness (QED) is 0.645. The maximum Gasteiger partial charge on any atom is 0.234 e. The van der Waals surface area contributed by atoms with Gasteiger partial charge in [0.05, 0.1) is 13.2 Å². The van der Waals surface area contributed by atoms with Crippen LogP contribution in [0.15, 0.2) is 12.7 Å². The van der Waals surface area contributed by atoms with Gasteiger partial charge in [0.1, 0.15) is 0 Å². The highest BCUT2D eigenvalue weighted by Gasteiger charge is 2.26. The van der Waals surface area contributed by atoms with E-state index >= 15 is 0 Å². The van der Waals surface area contributed by atoms with E-state index in [1.54, 1.807) is 13.2 Å². The normalized spacial score (nSPS) is 21.3. The highest BCUT2D eigenvalue weighted by molar-refractivity contribution is 5.78. The molecule has 0 aliphatic carbocycles. The van der Waals surface area contributed by atoms with Crippen molar-refractivity contribution in [3.63, 3.8) is 0 Å². The standard InChI is InChI=1S/C14H27N3O2/c1-4-6-15-14(18)12-16-7-8-17(9-10-19-3)13(5-2)11-16/h4,13H,1,5-12H2,2-3H3,(H,15,18)/t13-/m1/s1. The van der Waals surface area contributed by atoms with Crippen LogP contribution >= 0.6 is 0 Å². The molecule has 1 aliphatic heterocycles. The third kappa shape index (κ3) is 5.72. The Balaban J connectivity index is 2.36. The van der Waals surface area contributed by atoms with E-state index in [9.17, 15) is 4.79 Å². The first kappa shape index (κ1) is 16.1. The lowest BCUT2D eigenvalue weighted by Crippen LogP contribution is -2.55. The molecule has 19 heavy (non-hydrogen) atoms. The molecular weight excluding hydrogens is 242 g/mol. The van der Waals surface area contributed by atoms with Crippen molar-refractivity contribution in [2.75, 3.05) is 53.0 Å². The van der Waals surface area contributed by atoms with Crippen molar-refractivity contribution in [1.82, 2.24) is 15.1 Å². The number of hydrogen-bond donors (Lipinski definition) is 1. The third-order valence-corrected chi connectivity index (χ3v) is 3.55. The summed E-state index contributed by atoms with van der Waals surface area (Å²) in [4.78, 5) is 16.4. The lowest BCUT2D eigenvalue weighted by Gasteiger charge is -2.40. The van der Waals surface area contributed by atoms with Crippen LogP contribution in [-0.4, -0.2) is 74.7 Å². The minimum absolute atomic E-state index is 0.0834. The number of hydrogen-bond acceptors (Lipinski definition) is 4. The number of carbonyl (C=O) groups excluding carboxylic acids is 1. The molecule has 1 saturated heterocycles. The first-order chi connectivity index (χ1) is 9.21. The van der Waals surface area contributed by atoms with Gasteiger partial charge in [-0.3, -0.25) is 14.6 Å². The van der Waals surface area contributed by atoms with Gasteiger partial charge < -0.3 is 10.1 Å². The second kappa shape index (κ2) is 9.07. The number of methoxy groups -OCH3 is 1. The maximum atomic E-state index is 11.7. The smallest absolute Gasteiger partial charge is 0.234 e. The number of rotatable bonds is 8. The van der Waals surface area contributed by atoms with E-state index in [1.165, 1.54) is 0 Å². The van der Waals surface area contributed by atoms with Crippen molar-refractivity contribution < 1.29 is 9.53 Å². The molecule has 0 aromatic rings. The average molecular weight is 269 g/mol. The molecule has 0 bridgehead atoms. The van der Waals surface area contributed by atoms with E-state index in [-0.39, 0.29) is 5.91 Å². The molecular formula is C14H27N3O2. The van der Waals surface area contributed by atoms with Gasteiger partial charge >= 0.3 is 0 Å². The summed E-state index contributed by atoms with van der Waals surface area (Å²) in [5.74, 6) is 0.0834. The molecule has 1 aliphatic rings. The van der Waals surface area contributed by atoms with Crippen LogP contribution in [0.1, 0.15) is 13.3 Å². The Morgan fingerprint density at radius 3 is 2.95 bits per heavy atom. The van der Waals surface area contributed by atoms with Crippen LogP contribution in [0, 0.1) is 0 Å². The monoisotopic (exact) mass is 269 g/mol. The number of amides is 1. The SMILES string of the molecule is C=CCNC(=O)CN1CCN(CCOC)[C@H](CC)C1. The summed E-state index contributed by atoms with van der Waals surface area (Å²) in [5, 5.41) is 2.83. The topological polar surface area (TPSA) is 44.8 Å². The number of nitrogens with zero attached hydrogens (tertiary/aromatic N) is 2. The summed E-state index contributed by atoms with van der Waals surface area (Å²) in [7, 11) is 1.74. The zero-order chi connectivity index (χ0) is 14.1. The molecule has 0 aromatic heterocycles. The molecule has 1 atom stereocenters. The van der Waals surface area contributed by atoms with Crippen LogP contribution in [0.3, 0.4) is 0 Å². The molecule has 0 unspecified atom stereocenters. The minimum Gasteiger partial charge on any atom is -0.383 e. The first-order valence-corrected chi connectivity index (χ1v) is 7.04. The van der Waals surface area contributed by atoms with Gasteiger partial charge in [-0.1, -0.05) is 13.0 Å². The molecule has 0 radical (unpaired) electrons. The lowest BCUT2D eigenvalue weighted by atomic mass is 10.1. The number of piperazine rings is 1. The molecule has 110 valence electrons. The van der Waals surface area contributed by atoms with Crippen LogP contribution in [0.25, 0.3) is 0 Å². The third-order valence-electron chi connectivity index (χ3n) is 3.55. The van der Waals surface area contributed by atoms with Crippen molar-refractivity contribution in [3.05, 3.63) is 12.7 Å². The number of ether oxygens (including phenoxy) is 1. The first-order valence-electron chi connectivity index (χ1n) is 7.04. The zero-order valence-corrected chi connectivity index (χ0v) is 12.2. The summed E-state index contributed by atoms with van der Waals surface area (Å²) >= 11 is 0. The summed E-state index contributed by atoms with van der Waals surface area (Å²) < 4.78 is 5.14. The van der Waals surface area contributed by atoms with Crippen LogP contribution in [0.5, 0.6) is 0 Å². The molecule has 1 amide bonds. The summed E-state index contributed by atoms with van der Waals surface area (Å²) in [6.45, 7) is 11.5. The van der Waals surface area contributed by atoms with Gasteiger partial charge in [0.2, 0.25) is 5.91 Å². The lowest BCUT2D eigenvalue weighted by molar-refractivity contribution is -0.122. The summed E-state index contributed by atoms with van der Waals surface area (Å²) in [6.07, 6.45) is 2.81. The van der Waals surface area contributed by atoms with Crippen LogP contribution in [0.2, 0.25) is 0 Å². The van der Waals surface area contributed by atoms with E-state index in [1.807, 2.05) is 0 Å². The predicted octanol–water partition coefficient (Wildman–Crippen LogP) is 0.331. The Morgan fingerprint density at radius 1 is 1.53 bits per heavy atom. The second-order valence-corrected chi connectivity index (χ2v) is 4.92. The molecule has 5 heteroatoms. The fourth-order valence-corrected chi connectivity index (χ4v) is 2.44. The molecule has 0 aromatic carbocycles. The number of carbonyl (C=O) groups is 1. The average Bonchev–Trinajstić information content (AvgIpc) is 2.43. The highest BCUT2D eigenvalue weighted by Crippen LogP contribution is 2.12. The minimum atomic E-state index is 0.0834. The summed E-state index contributed by atoms with van der Waals surface area (Å²) in [5.41, 5.74) is 0. The van der Waals surface area contributed by atoms with Crippen molar-refractivity contribution in [3.8, 4) is 0 Å². The Hall–Kier alpha value is -0.910. The second-order valence-electron chi connectivity index (χ2n) is 4.92. The van der Waals surface area contributed by atoms with Gasteiger partial charge in [0.15, 0.2) is 0 Å². The van der Waals surface area contributed by atoms with Crippen LogP contribution in [-0.2, 0) is 9.53 Å². The van der Waals surface area contributed by atoms with E-state index in [2.05, 4.69) is 28.6 Å².